The molecule has 0 N–H and O–H groups in total. The highest BCUT2D eigenvalue weighted by Gasteiger charge is 2.44. The molecule has 0 unspecified atom stereocenters. The predicted octanol–water partition coefficient (Wildman–Crippen LogP) is 6.73. The van der Waals surface area contributed by atoms with Crippen molar-refractivity contribution in [3.63, 3.8) is 0 Å². The number of aromatic nitrogens is 1. The Morgan fingerprint density at radius 2 is 1.74 bits per heavy atom. The lowest BCUT2D eigenvalue weighted by Crippen LogP contribution is -2.51. The lowest BCUT2D eigenvalue weighted by molar-refractivity contribution is -0.137. The van der Waals surface area contributed by atoms with E-state index in [1.165, 1.54) is 5.56 Å². The largest absolute Gasteiger partial charge is 0.463 e. The maximum Gasteiger partial charge on any atom is 0.330 e. The predicted molar refractivity (Wildman–Crippen MR) is 119 cm³/mol. The molecule has 0 atom stereocenters. The summed E-state index contributed by atoms with van der Waals surface area (Å²) in [6.45, 7) is 17.0. The van der Waals surface area contributed by atoms with Crippen molar-refractivity contribution in [2.45, 2.75) is 97.2 Å². The van der Waals surface area contributed by atoms with Gasteiger partial charge in [0.15, 0.2) is 8.24 Å². The Labute approximate surface area is 168 Å². The molecule has 0 aliphatic carbocycles. The molecule has 1 heterocycles. The van der Waals surface area contributed by atoms with Crippen molar-refractivity contribution in [3.8, 4) is 0 Å². The Kier molecular flexibility index (Phi) is 10.1. The van der Waals surface area contributed by atoms with Crippen molar-refractivity contribution in [1.82, 2.24) is 4.23 Å². The van der Waals surface area contributed by atoms with Crippen molar-refractivity contribution in [1.29, 1.82) is 0 Å². The molecule has 0 aliphatic rings. The number of ether oxygens (including phenoxy) is 1. The Balaban J connectivity index is 2.61. The highest BCUT2D eigenvalue weighted by molar-refractivity contribution is 6.82. The van der Waals surface area contributed by atoms with E-state index in [1.54, 1.807) is 6.08 Å². The van der Waals surface area contributed by atoms with E-state index in [9.17, 15) is 4.79 Å². The van der Waals surface area contributed by atoms with Gasteiger partial charge in [0, 0.05) is 6.08 Å². The van der Waals surface area contributed by atoms with Crippen LogP contribution >= 0.6 is 0 Å². The molecule has 3 nitrogen and oxygen atoms in total. The molecule has 0 saturated carbocycles. The fourth-order valence-corrected chi connectivity index (χ4v) is 11.2. The summed E-state index contributed by atoms with van der Waals surface area (Å²) in [6.07, 6.45) is 13.3. The van der Waals surface area contributed by atoms with Crippen molar-refractivity contribution in [3.05, 3.63) is 36.2 Å². The minimum Gasteiger partial charge on any atom is -0.463 e. The number of carbonyl (C=O) groups is 1. The van der Waals surface area contributed by atoms with Crippen LogP contribution in [0.3, 0.4) is 0 Å². The van der Waals surface area contributed by atoms with E-state index in [-0.39, 0.29) is 5.97 Å². The lowest BCUT2D eigenvalue weighted by atomic mass is 10.1. The Morgan fingerprint density at radius 1 is 1.11 bits per heavy atom. The summed E-state index contributed by atoms with van der Waals surface area (Å²) in [5.74, 6) is -0.212. The topological polar surface area (TPSA) is 31.2 Å². The third kappa shape index (κ3) is 6.37. The fraction of sp³-hybridized carbons (Fsp3) is 0.696. The zero-order valence-corrected chi connectivity index (χ0v) is 19.6. The number of unbranched alkanes of at least 4 members (excludes halogenated alkanes) is 2. The van der Waals surface area contributed by atoms with Crippen molar-refractivity contribution >= 4 is 14.2 Å². The average Bonchev–Trinajstić information content (AvgIpc) is 3.03. The molecule has 1 rings (SSSR count). The van der Waals surface area contributed by atoms with Crippen LogP contribution in [0, 0.1) is 0 Å². The van der Waals surface area contributed by atoms with Gasteiger partial charge in [-0.2, -0.15) is 0 Å². The molecular weight excluding hydrogens is 350 g/mol. The van der Waals surface area contributed by atoms with E-state index in [2.05, 4.69) is 71.2 Å². The first-order chi connectivity index (χ1) is 12.8. The minimum absolute atomic E-state index is 0.212. The lowest BCUT2D eigenvalue weighted by Gasteiger charge is -2.44. The molecule has 0 radical (unpaired) electrons. The summed E-state index contributed by atoms with van der Waals surface area (Å²) in [5, 5.41) is 0. The number of esters is 1. The summed E-state index contributed by atoms with van der Waals surface area (Å²) >= 11 is 0. The van der Waals surface area contributed by atoms with Crippen molar-refractivity contribution in [2.24, 2.45) is 0 Å². The Morgan fingerprint density at radius 3 is 2.30 bits per heavy atom. The number of rotatable bonds is 12. The van der Waals surface area contributed by atoms with Gasteiger partial charge < -0.3 is 8.97 Å². The van der Waals surface area contributed by atoms with Gasteiger partial charge in [-0.25, -0.2) is 4.79 Å². The van der Waals surface area contributed by atoms with Crippen LogP contribution < -0.4 is 0 Å². The monoisotopic (exact) mass is 391 g/mol. The summed E-state index contributed by atoms with van der Waals surface area (Å²) in [4.78, 5) is 11.5. The zero-order chi connectivity index (χ0) is 20.4. The Bertz CT molecular complexity index is 565. The molecule has 1 aromatic heterocycles. The van der Waals surface area contributed by atoms with Crippen LogP contribution in [0.5, 0.6) is 0 Å². The first-order valence-electron chi connectivity index (χ1n) is 10.8. The second-order valence-electron chi connectivity index (χ2n) is 8.59. The average molecular weight is 392 g/mol. The third-order valence-electron chi connectivity index (χ3n) is 5.81. The summed E-state index contributed by atoms with van der Waals surface area (Å²) in [6, 6.07) is 2.29. The second kappa shape index (κ2) is 11.5. The fourth-order valence-electron chi connectivity index (χ4n) is 4.69. The molecule has 154 valence electrons. The van der Waals surface area contributed by atoms with Gasteiger partial charge in [0.1, 0.15) is 0 Å². The quantitative estimate of drug-likeness (QED) is 0.171. The molecule has 0 aromatic carbocycles. The van der Waals surface area contributed by atoms with Gasteiger partial charge in [0.05, 0.1) is 6.61 Å². The SMILES string of the molecule is CCCCOC(=O)/C=C/CCCc1ccn([Si](C(C)C)(C(C)C)C(C)C)c1. The molecule has 0 bridgehead atoms. The zero-order valence-electron chi connectivity index (χ0n) is 18.6. The van der Waals surface area contributed by atoms with E-state index in [0.717, 1.165) is 32.1 Å². The number of allylic oxidation sites excluding steroid dienone is 1. The summed E-state index contributed by atoms with van der Waals surface area (Å²) in [7, 11) is -1.63. The van der Waals surface area contributed by atoms with Gasteiger partial charge in [0.2, 0.25) is 0 Å². The molecule has 1 aromatic rings. The van der Waals surface area contributed by atoms with Crippen LogP contribution in [0.2, 0.25) is 16.6 Å². The van der Waals surface area contributed by atoms with Gasteiger partial charge >= 0.3 is 5.97 Å². The summed E-state index contributed by atoms with van der Waals surface area (Å²) < 4.78 is 7.73. The van der Waals surface area contributed by atoms with E-state index in [1.807, 2.05) is 6.08 Å². The number of hydrogen-bond acceptors (Lipinski definition) is 2. The third-order valence-corrected chi connectivity index (χ3v) is 12.5. The number of aryl methyl sites for hydroxylation is 1. The molecule has 0 amide bonds. The molecule has 0 aliphatic heterocycles. The van der Waals surface area contributed by atoms with Crippen LogP contribution in [0.1, 0.15) is 79.7 Å². The van der Waals surface area contributed by atoms with Crippen LogP contribution in [-0.2, 0) is 16.0 Å². The van der Waals surface area contributed by atoms with Gasteiger partial charge in [-0.1, -0.05) is 61.0 Å². The highest BCUT2D eigenvalue weighted by Crippen LogP contribution is 2.42. The number of hydrogen-bond donors (Lipinski definition) is 0. The van der Waals surface area contributed by atoms with Gasteiger partial charge in [-0.05, 0) is 66.3 Å². The van der Waals surface area contributed by atoms with E-state index >= 15 is 0 Å². The van der Waals surface area contributed by atoms with Crippen molar-refractivity contribution < 1.29 is 9.53 Å². The van der Waals surface area contributed by atoms with Crippen LogP contribution in [0.4, 0.5) is 0 Å². The maximum absolute atomic E-state index is 11.5. The second-order valence-corrected chi connectivity index (χ2v) is 14.3. The van der Waals surface area contributed by atoms with Crippen LogP contribution in [-0.4, -0.2) is 25.0 Å². The summed E-state index contributed by atoms with van der Waals surface area (Å²) in [5.41, 5.74) is 3.53. The normalized spacial score (nSPS) is 12.7. The molecule has 27 heavy (non-hydrogen) atoms. The Hall–Kier alpha value is -1.29. The van der Waals surface area contributed by atoms with E-state index in [4.69, 9.17) is 4.74 Å². The van der Waals surface area contributed by atoms with E-state index in [0.29, 0.717) is 23.2 Å². The van der Waals surface area contributed by atoms with Crippen LogP contribution in [0.15, 0.2) is 30.6 Å². The highest BCUT2D eigenvalue weighted by atomic mass is 28.3. The molecule has 0 saturated heterocycles. The smallest absolute Gasteiger partial charge is 0.330 e. The first-order valence-corrected chi connectivity index (χ1v) is 12.9. The number of carbonyl (C=O) groups excluding carboxylic acids is 1. The van der Waals surface area contributed by atoms with Crippen LogP contribution in [0.25, 0.3) is 0 Å². The maximum atomic E-state index is 11.5. The minimum atomic E-state index is -1.63. The molecular formula is C23H41NO2Si. The van der Waals surface area contributed by atoms with E-state index < -0.39 is 8.24 Å². The molecule has 0 spiro atoms. The first kappa shape index (κ1) is 23.7. The number of nitrogens with zero attached hydrogens (tertiary/aromatic N) is 1. The van der Waals surface area contributed by atoms with Gasteiger partial charge in [-0.3, -0.25) is 0 Å². The standard InChI is InChI=1S/C23H41NO2Si/c1-8-9-17-26-23(25)14-12-10-11-13-22-15-16-24(18-22)27(19(2)3,20(4)5)21(6)7/h12,14-16,18-21H,8-11,13,17H2,1-7H3/b14-12+. The van der Waals surface area contributed by atoms with Crippen molar-refractivity contribution in [2.75, 3.05) is 6.61 Å². The molecule has 4 heteroatoms. The van der Waals surface area contributed by atoms with Gasteiger partial charge in [-0.15, -0.1) is 0 Å². The molecule has 0 fully saturated rings. The van der Waals surface area contributed by atoms with Gasteiger partial charge in [0.25, 0.3) is 0 Å².